The molecule has 1 aromatic heterocycles. The SMILES string of the molecule is C=C/C=C(/c1cc(C(=O)NC(C)(C)C)cc(-c2ccc(C#N)cc2)n1)N(C=C)C(C)(C)C. The van der Waals surface area contributed by atoms with Crippen LogP contribution in [-0.4, -0.2) is 26.9 Å². The molecule has 0 atom stereocenters. The lowest BCUT2D eigenvalue weighted by atomic mass is 10.0. The van der Waals surface area contributed by atoms with Gasteiger partial charge in [-0.1, -0.05) is 31.4 Å². The van der Waals surface area contributed by atoms with Crippen molar-refractivity contribution in [1.29, 1.82) is 5.26 Å². The van der Waals surface area contributed by atoms with Crippen molar-refractivity contribution in [2.45, 2.75) is 52.6 Å². The van der Waals surface area contributed by atoms with Gasteiger partial charge in [-0.05, 0) is 78.1 Å². The summed E-state index contributed by atoms with van der Waals surface area (Å²) in [5, 5.41) is 12.1. The summed E-state index contributed by atoms with van der Waals surface area (Å²) >= 11 is 0. The van der Waals surface area contributed by atoms with Crippen LogP contribution in [0.1, 0.15) is 63.2 Å². The van der Waals surface area contributed by atoms with Gasteiger partial charge in [-0.25, -0.2) is 4.98 Å². The molecule has 0 fully saturated rings. The van der Waals surface area contributed by atoms with Crippen LogP contribution in [0.25, 0.3) is 17.0 Å². The zero-order valence-corrected chi connectivity index (χ0v) is 19.9. The second-order valence-corrected chi connectivity index (χ2v) is 9.53. The highest BCUT2D eigenvalue weighted by molar-refractivity contribution is 5.96. The fourth-order valence-electron chi connectivity index (χ4n) is 3.20. The molecule has 0 saturated heterocycles. The van der Waals surface area contributed by atoms with E-state index >= 15 is 0 Å². The molecule has 2 rings (SSSR count). The molecule has 0 unspecified atom stereocenters. The third-order valence-electron chi connectivity index (χ3n) is 4.59. The Hall–Kier alpha value is -3.65. The number of benzene rings is 1. The minimum atomic E-state index is -0.381. The quantitative estimate of drug-likeness (QED) is 0.580. The van der Waals surface area contributed by atoms with Crippen LogP contribution in [0.2, 0.25) is 0 Å². The number of hydrogen-bond donors (Lipinski definition) is 1. The highest BCUT2D eigenvalue weighted by atomic mass is 16.1. The summed E-state index contributed by atoms with van der Waals surface area (Å²) in [6.07, 6.45) is 5.31. The maximum atomic E-state index is 13.1. The molecule has 1 amide bonds. The van der Waals surface area contributed by atoms with Crippen molar-refractivity contribution in [3.63, 3.8) is 0 Å². The molecule has 0 radical (unpaired) electrons. The van der Waals surface area contributed by atoms with Crippen molar-refractivity contribution < 1.29 is 4.79 Å². The third kappa shape index (κ3) is 6.18. The maximum absolute atomic E-state index is 13.1. The molecule has 0 bridgehead atoms. The number of nitrogens with zero attached hydrogens (tertiary/aromatic N) is 3. The van der Waals surface area contributed by atoms with Gasteiger partial charge >= 0.3 is 0 Å². The highest BCUT2D eigenvalue weighted by Gasteiger charge is 2.25. The van der Waals surface area contributed by atoms with Gasteiger partial charge in [0.25, 0.3) is 5.91 Å². The van der Waals surface area contributed by atoms with Crippen molar-refractivity contribution >= 4 is 11.6 Å². The summed E-state index contributed by atoms with van der Waals surface area (Å²) in [6, 6.07) is 12.8. The van der Waals surface area contributed by atoms with Crippen LogP contribution < -0.4 is 5.32 Å². The average molecular weight is 429 g/mol. The Morgan fingerprint density at radius 3 is 2.19 bits per heavy atom. The highest BCUT2D eigenvalue weighted by Crippen LogP contribution is 2.30. The lowest BCUT2D eigenvalue weighted by molar-refractivity contribution is 0.0919. The van der Waals surface area contributed by atoms with Crippen LogP contribution in [0.3, 0.4) is 0 Å². The zero-order chi connectivity index (χ0) is 24.1. The Morgan fingerprint density at radius 1 is 1.09 bits per heavy atom. The molecule has 5 nitrogen and oxygen atoms in total. The van der Waals surface area contributed by atoms with E-state index in [1.54, 1.807) is 36.5 Å². The van der Waals surface area contributed by atoms with E-state index in [0.717, 1.165) is 11.3 Å². The standard InChI is InChI=1S/C27H32N4O/c1-9-11-24(31(10-2)27(6,7)8)23-17-21(25(32)30-26(3,4)5)16-22(29-23)20-14-12-19(18-28)13-15-20/h9-17H,1-2H2,3-8H3,(H,30,32)/b24-11-. The number of pyridine rings is 1. The van der Waals surface area contributed by atoms with Crippen molar-refractivity contribution in [3.05, 3.63) is 84.7 Å². The monoisotopic (exact) mass is 428 g/mol. The Balaban J connectivity index is 2.74. The minimum Gasteiger partial charge on any atom is -0.347 e. The molecule has 0 aliphatic rings. The van der Waals surface area contributed by atoms with Crippen molar-refractivity contribution in [1.82, 2.24) is 15.2 Å². The van der Waals surface area contributed by atoms with Gasteiger partial charge in [0.1, 0.15) is 0 Å². The van der Waals surface area contributed by atoms with Crippen LogP contribution in [-0.2, 0) is 0 Å². The first-order valence-corrected chi connectivity index (χ1v) is 10.5. The van der Waals surface area contributed by atoms with Gasteiger partial charge in [-0.2, -0.15) is 5.26 Å². The van der Waals surface area contributed by atoms with E-state index in [2.05, 4.69) is 45.3 Å². The molecule has 1 heterocycles. The molecule has 1 aromatic carbocycles. The number of carbonyl (C=O) groups is 1. The third-order valence-corrected chi connectivity index (χ3v) is 4.59. The van der Waals surface area contributed by atoms with Crippen LogP contribution in [0.4, 0.5) is 0 Å². The van der Waals surface area contributed by atoms with Crippen LogP contribution >= 0.6 is 0 Å². The van der Waals surface area contributed by atoms with E-state index in [1.807, 2.05) is 43.9 Å². The largest absolute Gasteiger partial charge is 0.347 e. The maximum Gasteiger partial charge on any atom is 0.251 e. The number of nitrogens with one attached hydrogen (secondary N) is 1. The molecular weight excluding hydrogens is 396 g/mol. The Bertz CT molecular complexity index is 1070. The number of nitriles is 1. The lowest BCUT2D eigenvalue weighted by Crippen LogP contribution is -2.40. The predicted molar refractivity (Wildman–Crippen MR) is 132 cm³/mol. The fourth-order valence-corrected chi connectivity index (χ4v) is 3.20. The van der Waals surface area contributed by atoms with E-state index in [4.69, 9.17) is 10.2 Å². The normalized spacial score (nSPS) is 12.0. The van der Waals surface area contributed by atoms with Gasteiger partial charge in [-0.15, -0.1) is 0 Å². The lowest BCUT2D eigenvalue weighted by Gasteiger charge is -2.36. The van der Waals surface area contributed by atoms with Crippen LogP contribution in [0, 0.1) is 11.3 Å². The fraction of sp³-hybridized carbons (Fsp3) is 0.296. The first-order chi connectivity index (χ1) is 14.9. The molecule has 5 heteroatoms. The molecule has 32 heavy (non-hydrogen) atoms. The van der Waals surface area contributed by atoms with Gasteiger partial charge in [-0.3, -0.25) is 4.79 Å². The van der Waals surface area contributed by atoms with E-state index < -0.39 is 0 Å². The van der Waals surface area contributed by atoms with E-state index in [0.29, 0.717) is 22.5 Å². The smallest absolute Gasteiger partial charge is 0.251 e. The van der Waals surface area contributed by atoms with Gasteiger partial charge in [0.2, 0.25) is 0 Å². The van der Waals surface area contributed by atoms with Gasteiger partial charge in [0, 0.05) is 22.2 Å². The van der Waals surface area contributed by atoms with Crippen molar-refractivity contribution in [2.24, 2.45) is 0 Å². The van der Waals surface area contributed by atoms with Gasteiger partial charge < -0.3 is 10.2 Å². The Labute approximate surface area is 191 Å². The van der Waals surface area contributed by atoms with E-state index in [-0.39, 0.29) is 17.0 Å². The minimum absolute atomic E-state index is 0.185. The average Bonchev–Trinajstić information content (AvgIpc) is 2.71. The van der Waals surface area contributed by atoms with Gasteiger partial charge in [0.05, 0.1) is 28.7 Å². The van der Waals surface area contributed by atoms with E-state index in [9.17, 15) is 4.79 Å². The number of hydrogen-bond acceptors (Lipinski definition) is 4. The molecule has 0 saturated carbocycles. The molecule has 0 aliphatic carbocycles. The Morgan fingerprint density at radius 2 is 1.72 bits per heavy atom. The summed E-state index contributed by atoms with van der Waals surface area (Å²) < 4.78 is 0. The Kier molecular flexibility index (Phi) is 7.43. The second kappa shape index (κ2) is 9.65. The number of amides is 1. The van der Waals surface area contributed by atoms with Gasteiger partial charge in [0.15, 0.2) is 0 Å². The predicted octanol–water partition coefficient (Wildman–Crippen LogP) is 5.92. The number of rotatable bonds is 6. The molecule has 0 spiro atoms. The molecule has 2 aromatic rings. The molecular formula is C27H32N4O. The first-order valence-electron chi connectivity index (χ1n) is 10.5. The number of aromatic nitrogens is 1. The first kappa shape index (κ1) is 24.6. The summed E-state index contributed by atoms with van der Waals surface area (Å²) in [6.45, 7) is 19.9. The topological polar surface area (TPSA) is 69.0 Å². The zero-order valence-electron chi connectivity index (χ0n) is 19.9. The summed E-state index contributed by atoms with van der Waals surface area (Å²) in [5.41, 5.74) is 3.27. The molecule has 0 aliphatic heterocycles. The van der Waals surface area contributed by atoms with Crippen LogP contribution in [0.5, 0.6) is 0 Å². The number of allylic oxidation sites excluding steroid dienone is 2. The molecule has 1 N–H and O–H groups in total. The van der Waals surface area contributed by atoms with Crippen molar-refractivity contribution in [3.8, 4) is 17.3 Å². The molecule has 166 valence electrons. The van der Waals surface area contributed by atoms with Crippen molar-refractivity contribution in [2.75, 3.05) is 0 Å². The number of carbonyl (C=O) groups excluding carboxylic acids is 1. The summed E-state index contributed by atoms with van der Waals surface area (Å²) in [5.74, 6) is -0.185. The summed E-state index contributed by atoms with van der Waals surface area (Å²) in [4.78, 5) is 19.9. The van der Waals surface area contributed by atoms with E-state index in [1.165, 1.54) is 0 Å². The van der Waals surface area contributed by atoms with Crippen LogP contribution in [0.15, 0.2) is 67.9 Å². The summed E-state index contributed by atoms with van der Waals surface area (Å²) in [7, 11) is 0. The second-order valence-electron chi connectivity index (χ2n) is 9.53.